The van der Waals surface area contributed by atoms with Crippen molar-refractivity contribution < 1.29 is 4.79 Å². The number of ketones is 1. The Morgan fingerprint density at radius 3 is 2.60 bits per heavy atom. The minimum Gasteiger partial charge on any atom is -0.351 e. The average Bonchev–Trinajstić information content (AvgIpc) is 2.87. The first-order valence-corrected chi connectivity index (χ1v) is 9.21. The van der Waals surface area contributed by atoms with Gasteiger partial charge in [0, 0.05) is 30.5 Å². The Morgan fingerprint density at radius 2 is 1.96 bits per heavy atom. The van der Waals surface area contributed by atoms with E-state index in [1.54, 1.807) is 10.6 Å². The normalized spacial score (nSPS) is 11.2. The van der Waals surface area contributed by atoms with Gasteiger partial charge in [-0.2, -0.15) is 0 Å². The van der Waals surface area contributed by atoms with Crippen LogP contribution in [-0.4, -0.2) is 25.7 Å². The van der Waals surface area contributed by atoms with Crippen molar-refractivity contribution in [2.24, 2.45) is 7.05 Å². The molecule has 2 heterocycles. The molecule has 0 spiro atoms. The van der Waals surface area contributed by atoms with Gasteiger partial charge in [0.05, 0.1) is 16.7 Å². The fourth-order valence-corrected chi connectivity index (χ4v) is 3.83. The Bertz CT molecular complexity index is 1020. The first kappa shape index (κ1) is 17.5. The second kappa shape index (κ2) is 6.88. The van der Waals surface area contributed by atoms with Crippen LogP contribution in [0.15, 0.2) is 40.3 Å². The number of nitrogens with zero attached hydrogens (tertiary/aromatic N) is 3. The maximum atomic E-state index is 12.6. The minimum atomic E-state index is -0.0604. The number of hydrogen-bond acceptors (Lipinski definition) is 4. The van der Waals surface area contributed by atoms with Gasteiger partial charge in [-0.3, -0.25) is 14.2 Å². The van der Waals surface area contributed by atoms with Crippen LogP contribution in [0.2, 0.25) is 0 Å². The van der Waals surface area contributed by atoms with Crippen LogP contribution in [0.1, 0.15) is 28.7 Å². The number of para-hydroxylation sites is 1. The van der Waals surface area contributed by atoms with E-state index in [1.807, 2.05) is 56.7 Å². The van der Waals surface area contributed by atoms with Crippen molar-refractivity contribution in [1.82, 2.24) is 14.1 Å². The van der Waals surface area contributed by atoms with Gasteiger partial charge in [-0.15, -0.1) is 0 Å². The second-order valence-corrected chi connectivity index (χ2v) is 6.96. The van der Waals surface area contributed by atoms with Crippen molar-refractivity contribution in [3.63, 3.8) is 0 Å². The summed E-state index contributed by atoms with van der Waals surface area (Å²) in [6.07, 6.45) is 0. The van der Waals surface area contributed by atoms with E-state index >= 15 is 0 Å². The van der Waals surface area contributed by atoms with Crippen LogP contribution in [0.25, 0.3) is 10.9 Å². The van der Waals surface area contributed by atoms with Crippen LogP contribution in [-0.2, 0) is 13.6 Å². The molecule has 0 aliphatic heterocycles. The molecule has 3 aromatic rings. The van der Waals surface area contributed by atoms with Gasteiger partial charge in [0.25, 0.3) is 5.56 Å². The van der Waals surface area contributed by atoms with Crippen molar-refractivity contribution in [3.05, 3.63) is 57.6 Å². The highest BCUT2D eigenvalue weighted by atomic mass is 32.2. The molecule has 0 atom stereocenters. The monoisotopic (exact) mass is 355 g/mol. The molecule has 0 radical (unpaired) electrons. The molecular weight excluding hydrogens is 334 g/mol. The molecule has 130 valence electrons. The third kappa shape index (κ3) is 3.14. The van der Waals surface area contributed by atoms with Crippen molar-refractivity contribution in [2.75, 3.05) is 5.75 Å². The zero-order valence-corrected chi connectivity index (χ0v) is 15.7. The molecule has 0 saturated carbocycles. The summed E-state index contributed by atoms with van der Waals surface area (Å²) in [4.78, 5) is 29.8. The fraction of sp³-hybridized carbons (Fsp3) is 0.316. The third-order valence-corrected chi connectivity index (χ3v) is 5.53. The SMILES string of the molecule is CCn1c(SCC(=O)c2cc(C)n(C)c2C)nc2ccccc2c1=O. The number of thioether (sulfide) groups is 1. The van der Waals surface area contributed by atoms with Crippen molar-refractivity contribution in [2.45, 2.75) is 32.5 Å². The van der Waals surface area contributed by atoms with Gasteiger partial charge in [-0.25, -0.2) is 4.98 Å². The van der Waals surface area contributed by atoms with Gasteiger partial charge < -0.3 is 4.57 Å². The number of aryl methyl sites for hydroxylation is 1. The van der Waals surface area contributed by atoms with E-state index in [2.05, 4.69) is 4.98 Å². The summed E-state index contributed by atoms with van der Waals surface area (Å²) < 4.78 is 3.64. The molecular formula is C19H21N3O2S. The molecule has 25 heavy (non-hydrogen) atoms. The number of carbonyl (C=O) groups excluding carboxylic acids is 1. The Morgan fingerprint density at radius 1 is 1.24 bits per heavy atom. The fourth-order valence-electron chi connectivity index (χ4n) is 2.88. The van der Waals surface area contributed by atoms with E-state index < -0.39 is 0 Å². The van der Waals surface area contributed by atoms with Crippen molar-refractivity contribution in [1.29, 1.82) is 0 Å². The number of Topliss-reactive ketones (excluding diaryl/α,β-unsaturated/α-hetero) is 1. The molecule has 0 bridgehead atoms. The molecule has 5 nitrogen and oxygen atoms in total. The van der Waals surface area contributed by atoms with Crippen LogP contribution in [0.4, 0.5) is 0 Å². The standard InChI is InChI=1S/C19H21N3O2S/c1-5-22-18(24)14-8-6-7-9-16(14)20-19(22)25-11-17(23)15-10-12(2)21(4)13(15)3/h6-10H,5,11H2,1-4H3. The second-order valence-electron chi connectivity index (χ2n) is 6.02. The lowest BCUT2D eigenvalue weighted by Crippen LogP contribution is -2.22. The zero-order valence-electron chi connectivity index (χ0n) is 14.9. The molecule has 0 fully saturated rings. The molecule has 0 N–H and O–H groups in total. The average molecular weight is 355 g/mol. The lowest BCUT2D eigenvalue weighted by atomic mass is 10.2. The first-order chi connectivity index (χ1) is 11.9. The molecule has 0 saturated heterocycles. The first-order valence-electron chi connectivity index (χ1n) is 8.22. The smallest absolute Gasteiger partial charge is 0.262 e. The molecule has 1 aromatic carbocycles. The lowest BCUT2D eigenvalue weighted by Gasteiger charge is -2.10. The number of aromatic nitrogens is 3. The minimum absolute atomic E-state index is 0.0521. The van der Waals surface area contributed by atoms with E-state index in [0.29, 0.717) is 22.6 Å². The molecule has 0 aliphatic carbocycles. The van der Waals surface area contributed by atoms with Crippen molar-refractivity contribution >= 4 is 28.4 Å². The maximum absolute atomic E-state index is 12.6. The van der Waals surface area contributed by atoms with Gasteiger partial charge in [0.15, 0.2) is 10.9 Å². The van der Waals surface area contributed by atoms with Gasteiger partial charge in [-0.1, -0.05) is 23.9 Å². The predicted molar refractivity (Wildman–Crippen MR) is 102 cm³/mol. The van der Waals surface area contributed by atoms with Crippen molar-refractivity contribution in [3.8, 4) is 0 Å². The Kier molecular flexibility index (Phi) is 4.81. The molecule has 2 aromatic heterocycles. The summed E-state index contributed by atoms with van der Waals surface area (Å²) in [7, 11) is 1.95. The number of benzene rings is 1. The predicted octanol–water partition coefficient (Wildman–Crippen LogP) is 3.35. The molecule has 0 aliphatic rings. The van der Waals surface area contributed by atoms with E-state index in [-0.39, 0.29) is 17.1 Å². The summed E-state index contributed by atoms with van der Waals surface area (Å²) in [5.41, 5.74) is 3.36. The van der Waals surface area contributed by atoms with Gasteiger partial charge in [0.1, 0.15) is 0 Å². The van der Waals surface area contributed by atoms with Crippen LogP contribution in [0.3, 0.4) is 0 Å². The van der Waals surface area contributed by atoms with E-state index in [9.17, 15) is 9.59 Å². The van der Waals surface area contributed by atoms with E-state index in [0.717, 1.165) is 17.0 Å². The topological polar surface area (TPSA) is 56.9 Å². The highest BCUT2D eigenvalue weighted by Gasteiger charge is 2.16. The number of fused-ring (bicyclic) bond motifs is 1. The molecule has 6 heteroatoms. The van der Waals surface area contributed by atoms with E-state index in [4.69, 9.17) is 0 Å². The highest BCUT2D eigenvalue weighted by Crippen LogP contribution is 2.21. The quantitative estimate of drug-likeness (QED) is 0.400. The van der Waals surface area contributed by atoms with Crippen LogP contribution in [0, 0.1) is 13.8 Å². The Labute approximate surface area is 150 Å². The highest BCUT2D eigenvalue weighted by molar-refractivity contribution is 7.99. The zero-order chi connectivity index (χ0) is 18.1. The van der Waals surface area contributed by atoms with Gasteiger partial charge in [0.2, 0.25) is 0 Å². The molecule has 0 unspecified atom stereocenters. The number of rotatable bonds is 5. The lowest BCUT2D eigenvalue weighted by molar-refractivity contribution is 0.102. The number of carbonyl (C=O) groups is 1. The Hall–Kier alpha value is -2.34. The van der Waals surface area contributed by atoms with Crippen LogP contribution in [0.5, 0.6) is 0 Å². The van der Waals surface area contributed by atoms with Gasteiger partial charge in [-0.05, 0) is 39.0 Å². The largest absolute Gasteiger partial charge is 0.351 e. The summed E-state index contributed by atoms with van der Waals surface area (Å²) in [5, 5.41) is 1.19. The Balaban J connectivity index is 1.91. The molecule has 3 rings (SSSR count). The summed E-state index contributed by atoms with van der Waals surface area (Å²) in [5.74, 6) is 0.311. The third-order valence-electron chi connectivity index (χ3n) is 4.55. The maximum Gasteiger partial charge on any atom is 0.262 e. The number of hydrogen-bond donors (Lipinski definition) is 0. The van der Waals surface area contributed by atoms with E-state index in [1.165, 1.54) is 11.8 Å². The molecule has 0 amide bonds. The van der Waals surface area contributed by atoms with Gasteiger partial charge >= 0.3 is 0 Å². The summed E-state index contributed by atoms with van der Waals surface area (Å²) >= 11 is 1.32. The van der Waals surface area contributed by atoms with Crippen LogP contribution < -0.4 is 5.56 Å². The summed E-state index contributed by atoms with van der Waals surface area (Å²) in [6.45, 7) is 6.36. The van der Waals surface area contributed by atoms with Crippen LogP contribution >= 0.6 is 11.8 Å². The summed E-state index contributed by atoms with van der Waals surface area (Å²) in [6, 6.07) is 9.22.